The smallest absolute Gasteiger partial charge is 0.272 e. The van der Waals surface area contributed by atoms with Gasteiger partial charge in [-0.15, -0.1) is 0 Å². The zero-order valence-corrected chi connectivity index (χ0v) is 17.6. The summed E-state index contributed by atoms with van der Waals surface area (Å²) in [5.74, 6) is 1.19. The van der Waals surface area contributed by atoms with Gasteiger partial charge in [0.25, 0.3) is 5.56 Å². The number of H-pyrrole nitrogens is 1. The highest BCUT2D eigenvalue weighted by Crippen LogP contribution is 2.63. The molecule has 2 aromatic carbocycles. The fraction of sp³-hybridized carbons (Fsp3) is 0.423. The van der Waals surface area contributed by atoms with Gasteiger partial charge in [0.2, 0.25) is 5.91 Å². The molecule has 3 aliphatic rings. The Morgan fingerprint density at radius 2 is 1.65 bits per heavy atom. The average molecular weight is 414 g/mol. The lowest BCUT2D eigenvalue weighted by Gasteiger charge is -2.59. The Hall–Kier alpha value is -2.95. The van der Waals surface area contributed by atoms with Crippen molar-refractivity contribution in [2.45, 2.75) is 50.5 Å². The Morgan fingerprint density at radius 3 is 2.42 bits per heavy atom. The van der Waals surface area contributed by atoms with Crippen molar-refractivity contribution in [3.63, 3.8) is 0 Å². The Morgan fingerprint density at radius 1 is 0.935 bits per heavy atom. The Kier molecular flexibility index (Phi) is 4.27. The van der Waals surface area contributed by atoms with Crippen LogP contribution in [0.4, 0.5) is 0 Å². The highest BCUT2D eigenvalue weighted by molar-refractivity contribution is 5.84. The van der Waals surface area contributed by atoms with Crippen molar-refractivity contribution in [2.24, 2.45) is 11.3 Å². The minimum Gasteiger partial charge on any atom is -0.339 e. The fourth-order valence-corrected chi connectivity index (χ4v) is 6.37. The van der Waals surface area contributed by atoms with Gasteiger partial charge in [-0.3, -0.25) is 9.59 Å². The van der Waals surface area contributed by atoms with Crippen LogP contribution in [0.15, 0.2) is 59.4 Å². The number of amides is 1. The molecule has 2 aliphatic carbocycles. The summed E-state index contributed by atoms with van der Waals surface area (Å²) in [4.78, 5) is 26.9. The number of benzene rings is 2. The van der Waals surface area contributed by atoms with E-state index in [1.165, 1.54) is 5.56 Å². The molecule has 31 heavy (non-hydrogen) atoms. The van der Waals surface area contributed by atoms with Crippen LogP contribution < -0.4 is 5.56 Å². The number of aromatic nitrogens is 2. The first-order valence-electron chi connectivity index (χ1n) is 11.4. The molecule has 0 bridgehead atoms. The summed E-state index contributed by atoms with van der Waals surface area (Å²) in [6.45, 7) is 0.907. The van der Waals surface area contributed by atoms with Gasteiger partial charge >= 0.3 is 0 Å². The molecule has 2 heterocycles. The lowest BCUT2D eigenvalue weighted by atomic mass is 9.49. The van der Waals surface area contributed by atoms with Crippen molar-refractivity contribution in [3.8, 4) is 0 Å². The maximum Gasteiger partial charge on any atom is 0.272 e. The van der Waals surface area contributed by atoms with E-state index >= 15 is 0 Å². The zero-order chi connectivity index (χ0) is 21.0. The van der Waals surface area contributed by atoms with E-state index in [9.17, 15) is 9.59 Å². The van der Waals surface area contributed by atoms with Crippen molar-refractivity contribution in [1.29, 1.82) is 0 Å². The number of likely N-dealkylation sites (tertiary alicyclic amines) is 1. The van der Waals surface area contributed by atoms with Crippen LogP contribution in [-0.4, -0.2) is 33.6 Å². The maximum absolute atomic E-state index is 12.7. The van der Waals surface area contributed by atoms with E-state index in [1.54, 1.807) is 0 Å². The summed E-state index contributed by atoms with van der Waals surface area (Å²) in [6.07, 6.45) is 6.15. The lowest BCUT2D eigenvalue weighted by molar-refractivity contribution is -0.138. The van der Waals surface area contributed by atoms with E-state index in [2.05, 4.69) is 39.4 Å². The van der Waals surface area contributed by atoms with Crippen LogP contribution in [0.2, 0.25) is 0 Å². The molecule has 5 heteroatoms. The van der Waals surface area contributed by atoms with Gasteiger partial charge in [-0.2, -0.15) is 5.10 Å². The largest absolute Gasteiger partial charge is 0.339 e. The van der Waals surface area contributed by atoms with Crippen molar-refractivity contribution < 1.29 is 4.79 Å². The second kappa shape index (κ2) is 7.04. The summed E-state index contributed by atoms with van der Waals surface area (Å²) < 4.78 is 0. The third-order valence-corrected chi connectivity index (χ3v) is 7.85. The Labute approximate surface area is 181 Å². The second-order valence-electron chi connectivity index (χ2n) is 9.96. The number of fused-ring (bicyclic) bond motifs is 1. The molecule has 2 saturated carbocycles. The fourth-order valence-electron chi connectivity index (χ4n) is 6.37. The molecule has 158 valence electrons. The first kappa shape index (κ1) is 18.8. The molecule has 1 N–H and O–H groups in total. The van der Waals surface area contributed by atoms with E-state index in [0.29, 0.717) is 35.6 Å². The van der Waals surface area contributed by atoms with E-state index in [4.69, 9.17) is 0 Å². The molecule has 1 aliphatic heterocycles. The van der Waals surface area contributed by atoms with Gasteiger partial charge < -0.3 is 4.90 Å². The maximum atomic E-state index is 12.7. The predicted octanol–water partition coefficient (Wildman–Crippen LogP) is 4.04. The average Bonchev–Trinajstić information content (AvgIpc) is 3.08. The molecule has 1 spiro atoms. The molecule has 1 amide bonds. The van der Waals surface area contributed by atoms with Gasteiger partial charge in [0.15, 0.2) is 0 Å². The summed E-state index contributed by atoms with van der Waals surface area (Å²) in [6, 6.07) is 18.7. The first-order valence-corrected chi connectivity index (χ1v) is 11.4. The number of nitrogens with zero attached hydrogens (tertiary/aromatic N) is 2. The van der Waals surface area contributed by atoms with E-state index in [1.807, 2.05) is 30.3 Å². The van der Waals surface area contributed by atoms with Crippen LogP contribution in [0, 0.1) is 11.3 Å². The molecule has 0 unspecified atom stereocenters. The molecule has 1 atom stereocenters. The third kappa shape index (κ3) is 3.18. The van der Waals surface area contributed by atoms with Gasteiger partial charge in [-0.25, -0.2) is 5.10 Å². The van der Waals surface area contributed by atoms with Crippen LogP contribution in [-0.2, 0) is 11.2 Å². The van der Waals surface area contributed by atoms with Gasteiger partial charge in [0, 0.05) is 30.3 Å². The standard InChI is InChI=1S/C26H27N3O2/c30-23-11-18(10-17-6-2-1-3-7-17)16-29(23)20-14-26(15-20)12-19(13-26)24-21-8-4-5-9-22(21)25(31)28-27-24/h1-9,18-20H,10-16H2,(H,28,31)/t18-,19?,20?,26?/m1/s1. The topological polar surface area (TPSA) is 66.1 Å². The van der Waals surface area contributed by atoms with Crippen LogP contribution in [0.5, 0.6) is 0 Å². The number of nitrogens with one attached hydrogen (secondary N) is 1. The Bertz CT molecular complexity index is 1190. The molecule has 0 radical (unpaired) electrons. The van der Waals surface area contributed by atoms with E-state index in [-0.39, 0.29) is 5.56 Å². The third-order valence-electron chi connectivity index (χ3n) is 7.85. The Balaban J connectivity index is 1.08. The van der Waals surface area contributed by atoms with Gasteiger partial charge in [0.05, 0.1) is 11.1 Å². The summed E-state index contributed by atoms with van der Waals surface area (Å²) in [5, 5.41) is 8.80. The van der Waals surface area contributed by atoms with Crippen molar-refractivity contribution >= 4 is 16.7 Å². The van der Waals surface area contributed by atoms with Gasteiger partial charge in [0.1, 0.15) is 0 Å². The molecule has 6 rings (SSSR count). The van der Waals surface area contributed by atoms with E-state index < -0.39 is 0 Å². The number of hydrogen-bond acceptors (Lipinski definition) is 3. The van der Waals surface area contributed by atoms with Gasteiger partial charge in [-0.05, 0) is 55.1 Å². The lowest BCUT2D eigenvalue weighted by Crippen LogP contribution is -2.56. The number of hydrogen-bond donors (Lipinski definition) is 1. The van der Waals surface area contributed by atoms with Crippen LogP contribution in [0.1, 0.15) is 49.3 Å². The minimum absolute atomic E-state index is 0.116. The van der Waals surface area contributed by atoms with Crippen LogP contribution in [0.25, 0.3) is 10.8 Å². The number of carbonyl (C=O) groups is 1. The van der Waals surface area contributed by atoms with Crippen molar-refractivity contribution in [1.82, 2.24) is 15.1 Å². The predicted molar refractivity (Wildman–Crippen MR) is 120 cm³/mol. The molecular weight excluding hydrogens is 386 g/mol. The molecule has 3 aromatic rings. The molecular formula is C26H27N3O2. The van der Waals surface area contributed by atoms with Crippen molar-refractivity contribution in [2.75, 3.05) is 6.54 Å². The highest BCUT2D eigenvalue weighted by atomic mass is 16.2. The number of carbonyl (C=O) groups excluding carboxylic acids is 1. The van der Waals surface area contributed by atoms with Crippen LogP contribution >= 0.6 is 0 Å². The van der Waals surface area contributed by atoms with Crippen LogP contribution in [0.3, 0.4) is 0 Å². The highest BCUT2D eigenvalue weighted by Gasteiger charge is 2.56. The minimum atomic E-state index is -0.116. The number of aromatic amines is 1. The normalized spacial score (nSPS) is 29.9. The molecule has 1 saturated heterocycles. The SMILES string of the molecule is O=C1C[C@@H](Cc2ccccc2)CN1C1CC2(CC(c3n[nH]c(=O)c4ccccc34)C2)C1. The van der Waals surface area contributed by atoms with E-state index in [0.717, 1.165) is 55.1 Å². The zero-order valence-electron chi connectivity index (χ0n) is 17.6. The monoisotopic (exact) mass is 413 g/mol. The van der Waals surface area contributed by atoms with Crippen molar-refractivity contribution in [3.05, 3.63) is 76.2 Å². The molecule has 1 aromatic heterocycles. The quantitative estimate of drug-likeness (QED) is 0.702. The molecule has 5 nitrogen and oxygen atoms in total. The first-order chi connectivity index (χ1) is 15.1. The van der Waals surface area contributed by atoms with Gasteiger partial charge in [-0.1, -0.05) is 48.5 Å². The molecule has 3 fully saturated rings. The summed E-state index contributed by atoms with van der Waals surface area (Å²) in [5.41, 5.74) is 2.61. The summed E-state index contributed by atoms with van der Waals surface area (Å²) in [7, 11) is 0. The summed E-state index contributed by atoms with van der Waals surface area (Å²) >= 11 is 0. The number of rotatable bonds is 4. The second-order valence-corrected chi connectivity index (χ2v) is 9.96.